The Balaban J connectivity index is 2.53. The summed E-state index contributed by atoms with van der Waals surface area (Å²) in [5.74, 6) is -1.54. The molecule has 0 fully saturated rings. The summed E-state index contributed by atoms with van der Waals surface area (Å²) in [6, 6.07) is 3.28. The van der Waals surface area contributed by atoms with E-state index in [9.17, 15) is 9.59 Å². The number of esters is 1. The number of hydrogen-bond acceptors (Lipinski definition) is 5. The average Bonchev–Trinajstić information content (AvgIpc) is 2.47. The van der Waals surface area contributed by atoms with Crippen molar-refractivity contribution in [1.29, 1.82) is 0 Å². The van der Waals surface area contributed by atoms with Crippen molar-refractivity contribution >= 4 is 51.7 Å². The van der Waals surface area contributed by atoms with Crippen molar-refractivity contribution in [3.63, 3.8) is 0 Å². The summed E-state index contributed by atoms with van der Waals surface area (Å²) in [6.45, 7) is 1.72. The van der Waals surface area contributed by atoms with Crippen LogP contribution in [0.1, 0.15) is 17.3 Å². The standard InChI is InChI=1S/C15H14Cl2N2O4/c1-3-23-15(22)9-6-18-14-8(12(9)16)4-5-10(13(14)17)19(2)7-11(20)21/h4-6H,3,7H2,1-2H3,(H,20,21). The van der Waals surface area contributed by atoms with Gasteiger partial charge in [-0.3, -0.25) is 9.78 Å². The number of carbonyl (C=O) groups excluding carboxylic acids is 1. The highest BCUT2D eigenvalue weighted by atomic mass is 35.5. The Morgan fingerprint density at radius 1 is 1.30 bits per heavy atom. The minimum atomic E-state index is -0.979. The zero-order valence-corrected chi connectivity index (χ0v) is 14.0. The number of carboxylic acid groups (broad SMARTS) is 1. The van der Waals surface area contributed by atoms with Crippen molar-refractivity contribution in [1.82, 2.24) is 4.98 Å². The normalized spacial score (nSPS) is 10.6. The molecule has 0 atom stereocenters. The van der Waals surface area contributed by atoms with E-state index < -0.39 is 11.9 Å². The zero-order chi connectivity index (χ0) is 17.1. The van der Waals surface area contributed by atoms with Gasteiger partial charge in [0, 0.05) is 18.6 Å². The number of halogens is 2. The number of fused-ring (bicyclic) bond motifs is 1. The fraction of sp³-hybridized carbons (Fsp3) is 0.267. The Morgan fingerprint density at radius 2 is 2.00 bits per heavy atom. The summed E-state index contributed by atoms with van der Waals surface area (Å²) in [6.07, 6.45) is 1.30. The molecule has 0 radical (unpaired) electrons. The van der Waals surface area contributed by atoms with Crippen LogP contribution in [0.5, 0.6) is 0 Å². The predicted octanol–water partition coefficient (Wildman–Crippen LogP) is 3.24. The summed E-state index contributed by atoms with van der Waals surface area (Å²) in [7, 11) is 1.61. The largest absolute Gasteiger partial charge is 0.480 e. The molecular weight excluding hydrogens is 343 g/mol. The molecule has 0 saturated heterocycles. The van der Waals surface area contributed by atoms with Crippen LogP contribution in [0.3, 0.4) is 0 Å². The molecule has 6 nitrogen and oxygen atoms in total. The Bertz CT molecular complexity index is 780. The van der Waals surface area contributed by atoms with Gasteiger partial charge < -0.3 is 14.7 Å². The van der Waals surface area contributed by atoms with E-state index in [1.165, 1.54) is 11.1 Å². The van der Waals surface area contributed by atoms with E-state index in [0.717, 1.165) is 0 Å². The first-order valence-corrected chi connectivity index (χ1v) is 7.49. The third-order valence-electron chi connectivity index (χ3n) is 3.17. The lowest BCUT2D eigenvalue weighted by atomic mass is 10.1. The van der Waals surface area contributed by atoms with Gasteiger partial charge in [0.2, 0.25) is 0 Å². The van der Waals surface area contributed by atoms with Crippen molar-refractivity contribution in [3.05, 3.63) is 33.9 Å². The van der Waals surface area contributed by atoms with Gasteiger partial charge in [0.15, 0.2) is 0 Å². The molecule has 1 N–H and O–H groups in total. The van der Waals surface area contributed by atoms with E-state index in [1.54, 1.807) is 26.1 Å². The fourth-order valence-corrected chi connectivity index (χ4v) is 2.76. The molecule has 122 valence electrons. The highest BCUT2D eigenvalue weighted by Crippen LogP contribution is 2.36. The molecule has 0 amide bonds. The van der Waals surface area contributed by atoms with Crippen molar-refractivity contribution in [3.8, 4) is 0 Å². The third-order valence-corrected chi connectivity index (χ3v) is 3.95. The molecule has 0 unspecified atom stereocenters. The van der Waals surface area contributed by atoms with Crippen molar-refractivity contribution < 1.29 is 19.4 Å². The second-order valence-corrected chi connectivity index (χ2v) is 5.51. The maximum atomic E-state index is 11.8. The molecule has 2 aromatic rings. The van der Waals surface area contributed by atoms with Crippen LogP contribution in [-0.2, 0) is 9.53 Å². The van der Waals surface area contributed by atoms with Gasteiger partial charge in [-0.2, -0.15) is 0 Å². The number of pyridine rings is 1. The van der Waals surface area contributed by atoms with Crippen LogP contribution in [0.15, 0.2) is 18.3 Å². The van der Waals surface area contributed by atoms with Crippen LogP contribution in [0.4, 0.5) is 5.69 Å². The van der Waals surface area contributed by atoms with E-state index in [4.69, 9.17) is 33.0 Å². The summed E-state index contributed by atoms with van der Waals surface area (Å²) in [5.41, 5.74) is 1.05. The molecule has 0 spiro atoms. The minimum Gasteiger partial charge on any atom is -0.480 e. The molecule has 1 heterocycles. The Labute approximate surface area is 142 Å². The molecule has 2 rings (SSSR count). The lowest BCUT2D eigenvalue weighted by molar-refractivity contribution is -0.135. The van der Waals surface area contributed by atoms with Crippen molar-refractivity contribution in [2.24, 2.45) is 0 Å². The lowest BCUT2D eigenvalue weighted by Gasteiger charge is -2.19. The Hall–Kier alpha value is -2.05. The van der Waals surface area contributed by atoms with Crippen LogP contribution in [-0.4, -0.2) is 42.2 Å². The van der Waals surface area contributed by atoms with Gasteiger partial charge in [-0.25, -0.2) is 4.79 Å². The van der Waals surface area contributed by atoms with Crippen molar-refractivity contribution in [2.45, 2.75) is 6.92 Å². The minimum absolute atomic E-state index is 0.156. The molecule has 0 bridgehead atoms. The molecule has 0 aliphatic heterocycles. The molecule has 0 aliphatic rings. The molecule has 1 aromatic heterocycles. The zero-order valence-electron chi connectivity index (χ0n) is 12.5. The third kappa shape index (κ3) is 3.48. The molecule has 1 aromatic carbocycles. The molecule has 0 saturated carbocycles. The van der Waals surface area contributed by atoms with E-state index in [-0.39, 0.29) is 28.8 Å². The average molecular weight is 357 g/mol. The number of anilines is 1. The summed E-state index contributed by atoms with van der Waals surface area (Å²) in [5, 5.41) is 9.83. The predicted molar refractivity (Wildman–Crippen MR) is 88.6 cm³/mol. The number of hydrogen-bond donors (Lipinski definition) is 1. The van der Waals surface area contributed by atoms with E-state index >= 15 is 0 Å². The fourth-order valence-electron chi connectivity index (χ4n) is 2.12. The first-order chi connectivity index (χ1) is 10.9. The van der Waals surface area contributed by atoms with Gasteiger partial charge in [0.05, 0.1) is 33.4 Å². The van der Waals surface area contributed by atoms with Crippen LogP contribution < -0.4 is 4.90 Å². The van der Waals surface area contributed by atoms with E-state index in [0.29, 0.717) is 16.6 Å². The van der Waals surface area contributed by atoms with Gasteiger partial charge in [-0.15, -0.1) is 0 Å². The molecule has 0 aliphatic carbocycles. The van der Waals surface area contributed by atoms with Crippen LogP contribution >= 0.6 is 23.2 Å². The van der Waals surface area contributed by atoms with Crippen molar-refractivity contribution in [2.75, 3.05) is 25.1 Å². The monoisotopic (exact) mass is 356 g/mol. The first kappa shape index (κ1) is 17.3. The van der Waals surface area contributed by atoms with Gasteiger partial charge in [-0.1, -0.05) is 23.2 Å². The number of carbonyl (C=O) groups is 2. The number of benzene rings is 1. The Kier molecular flexibility index (Phi) is 5.28. The molecule has 23 heavy (non-hydrogen) atoms. The quantitative estimate of drug-likeness (QED) is 0.828. The number of aliphatic carboxylic acids is 1. The Morgan fingerprint density at radius 3 is 2.61 bits per heavy atom. The topological polar surface area (TPSA) is 79.7 Å². The molecular formula is C15H14Cl2N2O4. The summed E-state index contributed by atoms with van der Waals surface area (Å²) in [4.78, 5) is 28.3. The molecule has 8 heteroatoms. The number of aromatic nitrogens is 1. The maximum Gasteiger partial charge on any atom is 0.341 e. The van der Waals surface area contributed by atoms with Crippen LogP contribution in [0, 0.1) is 0 Å². The van der Waals surface area contributed by atoms with E-state index in [2.05, 4.69) is 4.98 Å². The highest BCUT2D eigenvalue weighted by molar-refractivity contribution is 6.42. The van der Waals surface area contributed by atoms with E-state index in [1.807, 2.05) is 0 Å². The number of rotatable bonds is 5. The van der Waals surface area contributed by atoms with Crippen LogP contribution in [0.25, 0.3) is 10.9 Å². The number of nitrogens with zero attached hydrogens (tertiary/aromatic N) is 2. The smallest absolute Gasteiger partial charge is 0.341 e. The van der Waals surface area contributed by atoms with Gasteiger partial charge in [0.25, 0.3) is 0 Å². The lowest BCUT2D eigenvalue weighted by Crippen LogP contribution is -2.25. The maximum absolute atomic E-state index is 11.8. The summed E-state index contributed by atoms with van der Waals surface area (Å²) < 4.78 is 4.92. The number of carboxylic acids is 1. The van der Waals surface area contributed by atoms with Crippen LogP contribution in [0.2, 0.25) is 10.0 Å². The summed E-state index contributed by atoms with van der Waals surface area (Å²) >= 11 is 12.6. The van der Waals surface area contributed by atoms with Gasteiger partial charge in [0.1, 0.15) is 6.54 Å². The van der Waals surface area contributed by atoms with Gasteiger partial charge in [-0.05, 0) is 19.1 Å². The second-order valence-electron chi connectivity index (χ2n) is 4.75. The number of ether oxygens (including phenoxy) is 1. The second kappa shape index (κ2) is 7.02. The number of likely N-dealkylation sites (N-methyl/N-ethyl adjacent to an activating group) is 1. The highest BCUT2D eigenvalue weighted by Gasteiger charge is 2.19. The van der Waals surface area contributed by atoms with Gasteiger partial charge >= 0.3 is 11.9 Å². The first-order valence-electron chi connectivity index (χ1n) is 6.73. The SMILES string of the molecule is CCOC(=O)c1cnc2c(Cl)c(N(C)CC(=O)O)ccc2c1Cl.